The summed E-state index contributed by atoms with van der Waals surface area (Å²) >= 11 is 1.74. The lowest BCUT2D eigenvalue weighted by atomic mass is 10.0. The molecule has 98 valence electrons. The monoisotopic (exact) mass is 266 g/mol. The molecule has 0 spiro atoms. The largest absolute Gasteiger partial charge is 0.324 e. The molecule has 0 aromatic carbocycles. The fraction of sp³-hybridized carbons (Fsp3) is 0.538. The minimum Gasteiger partial charge on any atom is -0.317 e. The van der Waals surface area contributed by atoms with Crippen molar-refractivity contribution in [3.8, 4) is 0 Å². The number of nitrogens with one attached hydrogen (secondary N) is 1. The number of nitrogens with zero attached hydrogens (tertiary/aromatic N) is 1. The van der Waals surface area contributed by atoms with E-state index >= 15 is 0 Å². The van der Waals surface area contributed by atoms with Crippen LogP contribution in [0.4, 0.5) is 4.79 Å². The number of rotatable bonds is 2. The molecule has 1 aliphatic heterocycles. The summed E-state index contributed by atoms with van der Waals surface area (Å²) in [5, 5.41) is 2.41. The van der Waals surface area contributed by atoms with Gasteiger partial charge in [-0.2, -0.15) is 0 Å². The molecule has 0 saturated carbocycles. The second-order valence-electron chi connectivity index (χ2n) is 4.89. The average Bonchev–Trinajstić information content (AvgIpc) is 2.62. The standard InChI is InChI=1S/C13H18N2O2S/c1-7-6-15(13(17)14-12(7)16)9(3)11-5-8(2)18-10(11)4/h5,7,9H,6H2,1-4H3,(H,14,16,17). The van der Waals surface area contributed by atoms with Gasteiger partial charge in [0, 0.05) is 16.3 Å². The van der Waals surface area contributed by atoms with E-state index in [1.54, 1.807) is 16.2 Å². The third-order valence-electron chi connectivity index (χ3n) is 3.41. The van der Waals surface area contributed by atoms with Gasteiger partial charge in [0.1, 0.15) is 0 Å². The van der Waals surface area contributed by atoms with Crippen molar-refractivity contribution in [3.63, 3.8) is 0 Å². The van der Waals surface area contributed by atoms with Gasteiger partial charge in [0.15, 0.2) is 0 Å². The zero-order chi connectivity index (χ0) is 13.4. The third kappa shape index (κ3) is 2.27. The Balaban J connectivity index is 2.23. The van der Waals surface area contributed by atoms with Crippen molar-refractivity contribution in [2.75, 3.05) is 6.54 Å². The van der Waals surface area contributed by atoms with Gasteiger partial charge in [0.2, 0.25) is 5.91 Å². The molecule has 2 unspecified atom stereocenters. The van der Waals surface area contributed by atoms with Gasteiger partial charge < -0.3 is 4.90 Å². The number of hydrogen-bond acceptors (Lipinski definition) is 3. The van der Waals surface area contributed by atoms with E-state index in [0.717, 1.165) is 0 Å². The first-order valence-corrected chi connectivity index (χ1v) is 6.90. The van der Waals surface area contributed by atoms with Crippen molar-refractivity contribution in [1.82, 2.24) is 10.2 Å². The minimum atomic E-state index is -0.283. The van der Waals surface area contributed by atoms with Crippen LogP contribution in [-0.4, -0.2) is 23.4 Å². The van der Waals surface area contributed by atoms with Crippen LogP contribution in [-0.2, 0) is 4.79 Å². The minimum absolute atomic E-state index is 0.00509. The van der Waals surface area contributed by atoms with Gasteiger partial charge in [-0.3, -0.25) is 10.1 Å². The highest BCUT2D eigenvalue weighted by molar-refractivity contribution is 7.12. The maximum atomic E-state index is 11.9. The summed E-state index contributed by atoms with van der Waals surface area (Å²) in [7, 11) is 0. The summed E-state index contributed by atoms with van der Waals surface area (Å²) in [5.74, 6) is -0.327. The van der Waals surface area contributed by atoms with Crippen molar-refractivity contribution in [3.05, 3.63) is 21.4 Å². The van der Waals surface area contributed by atoms with Gasteiger partial charge in [0.05, 0.1) is 12.0 Å². The zero-order valence-electron chi connectivity index (χ0n) is 11.1. The second kappa shape index (κ2) is 4.72. The topological polar surface area (TPSA) is 49.4 Å². The first-order valence-electron chi connectivity index (χ1n) is 6.08. The van der Waals surface area contributed by atoms with Crippen molar-refractivity contribution >= 4 is 23.3 Å². The summed E-state index contributed by atoms with van der Waals surface area (Å²) in [6, 6.07) is 1.85. The van der Waals surface area contributed by atoms with Crippen LogP contribution >= 0.6 is 11.3 Å². The molecule has 0 aliphatic carbocycles. The van der Waals surface area contributed by atoms with Gasteiger partial charge in [0.25, 0.3) is 0 Å². The fourth-order valence-electron chi connectivity index (χ4n) is 2.33. The number of thiophene rings is 1. The normalized spacial score (nSPS) is 22.0. The van der Waals surface area contributed by atoms with Crippen LogP contribution in [0, 0.1) is 19.8 Å². The van der Waals surface area contributed by atoms with Gasteiger partial charge in [-0.05, 0) is 32.4 Å². The van der Waals surface area contributed by atoms with E-state index in [2.05, 4.69) is 25.2 Å². The second-order valence-corrected chi connectivity index (χ2v) is 6.35. The molecule has 0 bridgehead atoms. The van der Waals surface area contributed by atoms with Gasteiger partial charge >= 0.3 is 6.03 Å². The van der Waals surface area contributed by atoms with E-state index in [-0.39, 0.29) is 23.9 Å². The molecule has 1 fully saturated rings. The van der Waals surface area contributed by atoms with Crippen molar-refractivity contribution < 1.29 is 9.59 Å². The maximum absolute atomic E-state index is 11.9. The number of amides is 3. The molecule has 18 heavy (non-hydrogen) atoms. The third-order valence-corrected chi connectivity index (χ3v) is 4.39. The smallest absolute Gasteiger partial charge is 0.317 e. The number of hydrogen-bond donors (Lipinski definition) is 1. The Bertz CT molecular complexity index is 495. The molecule has 1 aromatic rings. The number of imide groups is 1. The van der Waals surface area contributed by atoms with E-state index in [9.17, 15) is 9.59 Å². The van der Waals surface area contributed by atoms with Crippen LogP contribution in [0.2, 0.25) is 0 Å². The fourth-order valence-corrected chi connectivity index (χ4v) is 3.34. The SMILES string of the molecule is Cc1cc(C(C)N2CC(C)C(=O)NC2=O)c(C)s1. The Morgan fingerprint density at radius 3 is 2.67 bits per heavy atom. The molecule has 5 heteroatoms. The molecule has 2 heterocycles. The Morgan fingerprint density at radius 2 is 2.11 bits per heavy atom. The van der Waals surface area contributed by atoms with Crippen LogP contribution < -0.4 is 5.32 Å². The van der Waals surface area contributed by atoms with Crippen LogP contribution in [0.25, 0.3) is 0 Å². The molecule has 1 aliphatic rings. The first kappa shape index (κ1) is 13.1. The van der Waals surface area contributed by atoms with Gasteiger partial charge in [-0.25, -0.2) is 4.79 Å². The summed E-state index contributed by atoms with van der Waals surface area (Å²) in [6.07, 6.45) is 0. The maximum Gasteiger partial charge on any atom is 0.324 e. The predicted octanol–water partition coefficient (Wildman–Crippen LogP) is 2.61. The lowest BCUT2D eigenvalue weighted by Crippen LogP contribution is -2.54. The van der Waals surface area contributed by atoms with Crippen molar-refractivity contribution in [1.29, 1.82) is 0 Å². The van der Waals surface area contributed by atoms with Crippen LogP contribution in [0.3, 0.4) is 0 Å². The molecular formula is C13H18N2O2S. The number of aryl methyl sites for hydroxylation is 2. The van der Waals surface area contributed by atoms with Crippen molar-refractivity contribution in [2.45, 2.75) is 33.7 Å². The molecule has 2 rings (SSSR count). The Morgan fingerprint density at radius 1 is 1.44 bits per heavy atom. The highest BCUT2D eigenvalue weighted by Crippen LogP contribution is 2.31. The quantitative estimate of drug-likeness (QED) is 0.894. The van der Waals surface area contributed by atoms with Gasteiger partial charge in [-0.15, -0.1) is 11.3 Å². The van der Waals surface area contributed by atoms with Crippen molar-refractivity contribution in [2.24, 2.45) is 5.92 Å². The highest BCUT2D eigenvalue weighted by atomic mass is 32.1. The zero-order valence-corrected chi connectivity index (χ0v) is 11.9. The summed E-state index contributed by atoms with van der Waals surface area (Å²) < 4.78 is 0. The summed E-state index contributed by atoms with van der Waals surface area (Å²) in [6.45, 7) is 8.47. The van der Waals surface area contributed by atoms with E-state index in [1.165, 1.54) is 15.3 Å². The number of urea groups is 1. The molecular weight excluding hydrogens is 248 g/mol. The molecule has 2 atom stereocenters. The average molecular weight is 266 g/mol. The lowest BCUT2D eigenvalue weighted by molar-refractivity contribution is -0.125. The highest BCUT2D eigenvalue weighted by Gasteiger charge is 2.33. The molecule has 1 aromatic heterocycles. The van der Waals surface area contributed by atoms with Crippen LogP contribution in [0.5, 0.6) is 0 Å². The predicted molar refractivity (Wildman–Crippen MR) is 71.6 cm³/mol. The van der Waals surface area contributed by atoms with E-state index in [4.69, 9.17) is 0 Å². The van der Waals surface area contributed by atoms with Crippen LogP contribution in [0.15, 0.2) is 6.07 Å². The van der Waals surface area contributed by atoms with E-state index in [0.29, 0.717) is 6.54 Å². The molecule has 4 nitrogen and oxygen atoms in total. The van der Waals surface area contributed by atoms with E-state index < -0.39 is 0 Å². The Labute approximate surface area is 111 Å². The van der Waals surface area contributed by atoms with E-state index in [1.807, 2.05) is 13.8 Å². The molecule has 1 saturated heterocycles. The Kier molecular flexibility index (Phi) is 3.43. The number of carbonyl (C=O) groups is 2. The lowest BCUT2D eigenvalue weighted by Gasteiger charge is -2.35. The Hall–Kier alpha value is -1.36. The molecule has 0 radical (unpaired) electrons. The summed E-state index contributed by atoms with van der Waals surface area (Å²) in [4.78, 5) is 27.5. The molecule has 3 amide bonds. The molecule has 1 N–H and O–H groups in total. The van der Waals surface area contributed by atoms with Gasteiger partial charge in [-0.1, -0.05) is 6.92 Å². The number of carbonyl (C=O) groups excluding carboxylic acids is 2. The first-order chi connectivity index (χ1) is 8.40. The van der Waals surface area contributed by atoms with Crippen LogP contribution in [0.1, 0.15) is 35.2 Å². The summed E-state index contributed by atoms with van der Waals surface area (Å²) in [5.41, 5.74) is 1.18.